The smallest absolute Gasteiger partial charge is 0.336 e. The van der Waals surface area contributed by atoms with Gasteiger partial charge in [-0.1, -0.05) is 6.07 Å². The highest BCUT2D eigenvalue weighted by Gasteiger charge is 2.14. The first-order valence-corrected chi connectivity index (χ1v) is 14.7. The minimum absolute atomic E-state index is 0.0592. The van der Waals surface area contributed by atoms with Crippen LogP contribution in [0.3, 0.4) is 0 Å². The van der Waals surface area contributed by atoms with E-state index in [-0.39, 0.29) is 22.7 Å². The Morgan fingerprint density at radius 2 is 1.48 bits per heavy atom. The maximum Gasteiger partial charge on any atom is 0.336 e. The minimum atomic E-state index is -0.687. The van der Waals surface area contributed by atoms with E-state index in [1.165, 1.54) is 61.9 Å². The van der Waals surface area contributed by atoms with Gasteiger partial charge >= 0.3 is 5.97 Å². The van der Waals surface area contributed by atoms with Crippen LogP contribution < -0.4 is 29.7 Å². The predicted molar refractivity (Wildman–Crippen MR) is 179 cm³/mol. The van der Waals surface area contributed by atoms with Crippen molar-refractivity contribution in [2.45, 2.75) is 13.8 Å². The number of hydrogen-bond donors (Lipinski definition) is 2. The number of ether oxygens (including phenoxy) is 4. The number of methoxy groups -OCH3 is 1. The summed E-state index contributed by atoms with van der Waals surface area (Å²) in [7, 11) is 1.40. The Labute approximate surface area is 275 Å². The number of anilines is 1. The summed E-state index contributed by atoms with van der Waals surface area (Å²) in [5.41, 5.74) is 4.52. The summed E-state index contributed by atoms with van der Waals surface area (Å²) in [6, 6.07) is 21.6. The first-order valence-electron chi connectivity index (χ1n) is 14.7. The van der Waals surface area contributed by atoms with Crippen molar-refractivity contribution in [3.05, 3.63) is 123 Å². The van der Waals surface area contributed by atoms with E-state index >= 15 is 0 Å². The lowest BCUT2D eigenvalue weighted by Crippen LogP contribution is -2.18. The van der Waals surface area contributed by atoms with Gasteiger partial charge < -0.3 is 24.3 Å². The van der Waals surface area contributed by atoms with Gasteiger partial charge in [0.2, 0.25) is 0 Å². The second-order valence-corrected chi connectivity index (χ2v) is 9.77. The predicted octanol–water partition coefficient (Wildman–Crippen LogP) is 6.04. The van der Waals surface area contributed by atoms with Gasteiger partial charge in [-0.3, -0.25) is 19.7 Å². The molecule has 0 aliphatic rings. The standard InChI is InChI=1S/C35H32N4O9/c1-4-46-29-17-13-26(21-32(29)47-5-2)34(41)37-27-8-6-7-25(20-27)35(42)38-36-22-24-11-16-30(31(19-24)45-3)48-33(40)18-12-23-9-14-28(15-10-23)39(43)44/h6-22H,4-5H2,1-3H3,(H,37,41)(H,38,42)/b18-12+,36-22?. The maximum absolute atomic E-state index is 12.9. The fourth-order valence-corrected chi connectivity index (χ4v) is 4.23. The van der Waals surface area contributed by atoms with Crippen LogP contribution in [-0.2, 0) is 4.79 Å². The molecule has 13 heteroatoms. The Balaban J connectivity index is 1.34. The van der Waals surface area contributed by atoms with Gasteiger partial charge in [-0.25, -0.2) is 10.2 Å². The Bertz CT molecular complexity index is 1850. The van der Waals surface area contributed by atoms with E-state index in [1.54, 1.807) is 48.5 Å². The van der Waals surface area contributed by atoms with Crippen LogP contribution in [0.25, 0.3) is 6.08 Å². The number of amides is 2. The van der Waals surface area contributed by atoms with Crippen molar-refractivity contribution in [3.8, 4) is 23.0 Å². The zero-order valence-corrected chi connectivity index (χ0v) is 26.3. The Hall–Kier alpha value is -6.50. The molecule has 0 aliphatic heterocycles. The Morgan fingerprint density at radius 1 is 0.792 bits per heavy atom. The molecule has 4 rings (SSSR count). The molecule has 0 radical (unpaired) electrons. The summed E-state index contributed by atoms with van der Waals surface area (Å²) in [4.78, 5) is 48.3. The van der Waals surface area contributed by atoms with E-state index in [0.717, 1.165) is 0 Å². The zero-order chi connectivity index (χ0) is 34.5. The van der Waals surface area contributed by atoms with Crippen LogP contribution in [-0.4, -0.2) is 49.2 Å². The average molecular weight is 653 g/mol. The first kappa shape index (κ1) is 34.4. The number of hydrogen-bond acceptors (Lipinski definition) is 10. The first-order chi connectivity index (χ1) is 23.2. The van der Waals surface area contributed by atoms with Crippen LogP contribution in [0.2, 0.25) is 0 Å². The van der Waals surface area contributed by atoms with Gasteiger partial charge in [-0.05, 0) is 97.8 Å². The Morgan fingerprint density at radius 3 is 2.19 bits per heavy atom. The Kier molecular flexibility index (Phi) is 12.0. The third kappa shape index (κ3) is 9.50. The molecule has 0 aliphatic carbocycles. The quantitative estimate of drug-likeness (QED) is 0.0412. The van der Waals surface area contributed by atoms with Gasteiger partial charge in [-0.15, -0.1) is 0 Å². The van der Waals surface area contributed by atoms with Gasteiger partial charge in [0.05, 0.1) is 31.5 Å². The second kappa shape index (κ2) is 16.7. The molecular weight excluding hydrogens is 620 g/mol. The summed E-state index contributed by atoms with van der Waals surface area (Å²) < 4.78 is 21.8. The van der Waals surface area contributed by atoms with E-state index in [9.17, 15) is 24.5 Å². The normalized spacial score (nSPS) is 10.8. The lowest BCUT2D eigenvalue weighted by atomic mass is 10.1. The van der Waals surface area contributed by atoms with Crippen LogP contribution >= 0.6 is 0 Å². The summed E-state index contributed by atoms with van der Waals surface area (Å²) >= 11 is 0. The molecule has 48 heavy (non-hydrogen) atoms. The molecule has 4 aromatic rings. The van der Waals surface area contributed by atoms with Crippen molar-refractivity contribution in [3.63, 3.8) is 0 Å². The molecule has 2 N–H and O–H groups in total. The number of nitro groups is 1. The number of nitro benzene ring substituents is 1. The SMILES string of the molecule is CCOc1ccc(C(=O)Nc2cccc(C(=O)NN=Cc3ccc(OC(=O)/C=C/c4ccc([N+](=O)[O-])cc4)c(OC)c3)c2)cc1OCC. The molecule has 0 unspecified atom stereocenters. The van der Waals surface area contributed by atoms with Crippen LogP contribution in [0, 0.1) is 10.1 Å². The fourth-order valence-electron chi connectivity index (χ4n) is 4.23. The molecule has 0 saturated carbocycles. The molecule has 0 fully saturated rings. The summed E-state index contributed by atoms with van der Waals surface area (Å²) in [5.74, 6) is -0.201. The highest BCUT2D eigenvalue weighted by Crippen LogP contribution is 2.29. The van der Waals surface area contributed by atoms with Crippen LogP contribution in [0.4, 0.5) is 11.4 Å². The van der Waals surface area contributed by atoms with E-state index in [2.05, 4.69) is 15.8 Å². The molecule has 0 heterocycles. The number of carbonyl (C=O) groups excluding carboxylic acids is 3. The molecule has 4 aromatic carbocycles. The lowest BCUT2D eigenvalue weighted by Gasteiger charge is -2.12. The number of carbonyl (C=O) groups is 3. The third-order valence-electron chi connectivity index (χ3n) is 6.48. The monoisotopic (exact) mass is 652 g/mol. The van der Waals surface area contributed by atoms with Crippen molar-refractivity contribution in [1.82, 2.24) is 5.43 Å². The second-order valence-electron chi connectivity index (χ2n) is 9.77. The number of non-ortho nitro benzene ring substituents is 1. The molecule has 0 saturated heterocycles. The van der Waals surface area contributed by atoms with Crippen LogP contribution in [0.5, 0.6) is 23.0 Å². The van der Waals surface area contributed by atoms with E-state index in [1.807, 2.05) is 13.8 Å². The fraction of sp³-hybridized carbons (Fsp3) is 0.143. The van der Waals surface area contributed by atoms with E-state index in [4.69, 9.17) is 18.9 Å². The highest BCUT2D eigenvalue weighted by atomic mass is 16.6. The summed E-state index contributed by atoms with van der Waals surface area (Å²) in [6.07, 6.45) is 4.03. The number of rotatable bonds is 14. The molecule has 0 spiro atoms. The summed E-state index contributed by atoms with van der Waals surface area (Å²) in [5, 5.41) is 17.6. The molecule has 0 atom stereocenters. The summed E-state index contributed by atoms with van der Waals surface area (Å²) in [6.45, 7) is 4.56. The van der Waals surface area contributed by atoms with Crippen molar-refractivity contribution in [2.24, 2.45) is 5.10 Å². The lowest BCUT2D eigenvalue weighted by molar-refractivity contribution is -0.384. The van der Waals surface area contributed by atoms with Crippen LogP contribution in [0.1, 0.15) is 45.7 Å². The number of esters is 1. The van der Waals surface area contributed by atoms with Crippen molar-refractivity contribution in [2.75, 3.05) is 25.6 Å². The minimum Gasteiger partial charge on any atom is -0.493 e. The van der Waals surface area contributed by atoms with Crippen molar-refractivity contribution in [1.29, 1.82) is 0 Å². The van der Waals surface area contributed by atoms with Gasteiger partial charge in [0.25, 0.3) is 17.5 Å². The molecule has 0 bridgehead atoms. The van der Waals surface area contributed by atoms with Gasteiger partial charge in [0.1, 0.15) is 0 Å². The molecule has 13 nitrogen and oxygen atoms in total. The van der Waals surface area contributed by atoms with E-state index < -0.39 is 22.7 Å². The number of nitrogens with one attached hydrogen (secondary N) is 2. The van der Waals surface area contributed by atoms with Crippen molar-refractivity contribution < 1.29 is 38.3 Å². The van der Waals surface area contributed by atoms with Gasteiger partial charge in [-0.2, -0.15) is 5.10 Å². The van der Waals surface area contributed by atoms with Crippen molar-refractivity contribution >= 4 is 41.4 Å². The zero-order valence-electron chi connectivity index (χ0n) is 26.3. The van der Waals surface area contributed by atoms with E-state index in [0.29, 0.717) is 47.1 Å². The van der Waals surface area contributed by atoms with Gasteiger partial charge in [0, 0.05) is 35.0 Å². The molecule has 0 aromatic heterocycles. The van der Waals surface area contributed by atoms with Gasteiger partial charge in [0.15, 0.2) is 23.0 Å². The molecule has 246 valence electrons. The molecule has 2 amide bonds. The topological polar surface area (TPSA) is 168 Å². The van der Waals surface area contributed by atoms with Crippen LogP contribution in [0.15, 0.2) is 96.1 Å². The molecular formula is C35H32N4O9. The average Bonchev–Trinajstić information content (AvgIpc) is 3.09. The highest BCUT2D eigenvalue weighted by molar-refractivity contribution is 6.05. The number of hydrazone groups is 1. The maximum atomic E-state index is 12.9. The largest absolute Gasteiger partial charge is 0.493 e. The third-order valence-corrected chi connectivity index (χ3v) is 6.48. The number of benzene rings is 4. The number of nitrogens with zero attached hydrogens (tertiary/aromatic N) is 2.